The second-order valence-electron chi connectivity index (χ2n) is 4.86. The van der Waals surface area contributed by atoms with Gasteiger partial charge in [0.1, 0.15) is 0 Å². The van der Waals surface area contributed by atoms with E-state index in [0.29, 0.717) is 5.92 Å². The van der Waals surface area contributed by atoms with Gasteiger partial charge in [0, 0.05) is 6.61 Å². The maximum absolute atomic E-state index is 9.54. The molecule has 2 heteroatoms. The van der Waals surface area contributed by atoms with Crippen molar-refractivity contribution in [2.24, 2.45) is 5.92 Å². The monoisotopic (exact) mass is 198 g/mol. The summed E-state index contributed by atoms with van der Waals surface area (Å²) >= 11 is 0. The normalized spacial score (nSPS) is 35.8. The van der Waals surface area contributed by atoms with Gasteiger partial charge in [-0.1, -0.05) is 25.7 Å². The third kappa shape index (κ3) is 1.96. The summed E-state index contributed by atoms with van der Waals surface area (Å²) in [5, 5.41) is 9.54. The Labute approximate surface area is 86.6 Å². The van der Waals surface area contributed by atoms with Crippen molar-refractivity contribution in [2.45, 2.75) is 57.0 Å². The highest BCUT2D eigenvalue weighted by Gasteiger charge is 2.41. The molecular weight excluding hydrogens is 176 g/mol. The van der Waals surface area contributed by atoms with Crippen molar-refractivity contribution in [1.82, 2.24) is 0 Å². The lowest BCUT2D eigenvalue weighted by Gasteiger charge is -2.34. The lowest BCUT2D eigenvalue weighted by Crippen LogP contribution is -2.40. The Bertz CT molecular complexity index is 165. The molecule has 1 saturated heterocycles. The molecule has 0 radical (unpaired) electrons. The molecule has 2 nitrogen and oxygen atoms in total. The van der Waals surface area contributed by atoms with Crippen molar-refractivity contribution in [3.05, 3.63) is 0 Å². The molecule has 0 aromatic carbocycles. The molecule has 1 heterocycles. The van der Waals surface area contributed by atoms with Gasteiger partial charge in [-0.25, -0.2) is 0 Å². The summed E-state index contributed by atoms with van der Waals surface area (Å²) in [7, 11) is 0. The van der Waals surface area contributed by atoms with Crippen LogP contribution in [-0.4, -0.2) is 23.9 Å². The van der Waals surface area contributed by atoms with Crippen molar-refractivity contribution < 1.29 is 9.84 Å². The molecule has 0 bridgehead atoms. The largest absolute Gasteiger partial charge is 0.393 e. The van der Waals surface area contributed by atoms with Crippen LogP contribution < -0.4 is 0 Å². The van der Waals surface area contributed by atoms with Gasteiger partial charge in [-0.05, 0) is 31.6 Å². The molecule has 2 aliphatic rings. The van der Waals surface area contributed by atoms with Crippen LogP contribution in [0.3, 0.4) is 0 Å². The van der Waals surface area contributed by atoms with Crippen LogP contribution in [0, 0.1) is 5.92 Å². The number of aliphatic hydroxyl groups excluding tert-OH is 1. The number of hydrogen-bond donors (Lipinski definition) is 1. The highest BCUT2D eigenvalue weighted by atomic mass is 16.5. The summed E-state index contributed by atoms with van der Waals surface area (Å²) in [6, 6.07) is 0. The zero-order valence-corrected chi connectivity index (χ0v) is 9.00. The third-order valence-electron chi connectivity index (χ3n) is 4.00. The van der Waals surface area contributed by atoms with Gasteiger partial charge in [0.2, 0.25) is 0 Å². The minimum Gasteiger partial charge on any atom is -0.393 e. The molecule has 0 aromatic heterocycles. The van der Waals surface area contributed by atoms with Gasteiger partial charge in [-0.15, -0.1) is 0 Å². The molecule has 2 fully saturated rings. The van der Waals surface area contributed by atoms with Crippen LogP contribution in [0.15, 0.2) is 0 Å². The van der Waals surface area contributed by atoms with Crippen LogP contribution in [0.1, 0.15) is 51.4 Å². The van der Waals surface area contributed by atoms with Crippen molar-refractivity contribution in [1.29, 1.82) is 0 Å². The molecule has 0 spiro atoms. The van der Waals surface area contributed by atoms with E-state index in [1.54, 1.807) is 0 Å². The molecule has 1 atom stereocenters. The van der Waals surface area contributed by atoms with Gasteiger partial charge < -0.3 is 9.84 Å². The quantitative estimate of drug-likeness (QED) is 0.691. The Balaban J connectivity index is 2.01. The highest BCUT2D eigenvalue weighted by Crippen LogP contribution is 2.40. The van der Waals surface area contributed by atoms with Crippen molar-refractivity contribution in [3.63, 3.8) is 0 Å². The predicted molar refractivity (Wildman–Crippen MR) is 56.2 cm³/mol. The van der Waals surface area contributed by atoms with Gasteiger partial charge in [0.05, 0.1) is 12.2 Å². The summed E-state index contributed by atoms with van der Waals surface area (Å²) in [5.74, 6) is 0.623. The molecule has 1 N–H and O–H groups in total. The molecule has 1 unspecified atom stereocenters. The summed E-state index contributed by atoms with van der Waals surface area (Å²) in [6.07, 6.45) is 10.1. The maximum Gasteiger partial charge on any atom is 0.0940 e. The average molecular weight is 198 g/mol. The SMILES string of the molecule is OCC1(C2CCCCCC2)CCCO1. The minimum atomic E-state index is -0.148. The molecule has 1 aliphatic carbocycles. The second-order valence-corrected chi connectivity index (χ2v) is 4.86. The van der Waals surface area contributed by atoms with Crippen molar-refractivity contribution in [3.8, 4) is 0 Å². The number of aliphatic hydroxyl groups is 1. The van der Waals surface area contributed by atoms with Crippen LogP contribution in [0.25, 0.3) is 0 Å². The van der Waals surface area contributed by atoms with E-state index in [1.165, 1.54) is 38.5 Å². The lowest BCUT2D eigenvalue weighted by molar-refractivity contribution is -0.0838. The van der Waals surface area contributed by atoms with E-state index in [0.717, 1.165) is 19.4 Å². The van der Waals surface area contributed by atoms with E-state index in [4.69, 9.17) is 4.74 Å². The van der Waals surface area contributed by atoms with Crippen LogP contribution in [0.4, 0.5) is 0 Å². The summed E-state index contributed by atoms with van der Waals surface area (Å²) in [5.41, 5.74) is -0.148. The van der Waals surface area contributed by atoms with E-state index in [9.17, 15) is 5.11 Å². The first-order valence-electron chi connectivity index (χ1n) is 6.12. The van der Waals surface area contributed by atoms with Crippen LogP contribution in [0.2, 0.25) is 0 Å². The first-order valence-corrected chi connectivity index (χ1v) is 6.12. The Morgan fingerprint density at radius 2 is 1.79 bits per heavy atom. The average Bonchev–Trinajstić information content (AvgIpc) is 2.54. The maximum atomic E-state index is 9.54. The van der Waals surface area contributed by atoms with Crippen LogP contribution >= 0.6 is 0 Å². The van der Waals surface area contributed by atoms with Gasteiger partial charge in [-0.3, -0.25) is 0 Å². The van der Waals surface area contributed by atoms with E-state index in [2.05, 4.69) is 0 Å². The Morgan fingerprint density at radius 1 is 1.07 bits per heavy atom. The molecule has 14 heavy (non-hydrogen) atoms. The smallest absolute Gasteiger partial charge is 0.0940 e. The Kier molecular flexibility index (Phi) is 3.45. The summed E-state index contributed by atoms with van der Waals surface area (Å²) in [6.45, 7) is 1.09. The fraction of sp³-hybridized carbons (Fsp3) is 1.00. The first kappa shape index (κ1) is 10.4. The molecule has 0 amide bonds. The van der Waals surface area contributed by atoms with Crippen molar-refractivity contribution in [2.75, 3.05) is 13.2 Å². The van der Waals surface area contributed by atoms with E-state index in [-0.39, 0.29) is 12.2 Å². The summed E-state index contributed by atoms with van der Waals surface area (Å²) in [4.78, 5) is 0. The van der Waals surface area contributed by atoms with E-state index >= 15 is 0 Å². The number of hydrogen-bond acceptors (Lipinski definition) is 2. The first-order chi connectivity index (χ1) is 6.87. The predicted octanol–water partition coefficient (Wildman–Crippen LogP) is 2.50. The molecule has 1 aliphatic heterocycles. The fourth-order valence-electron chi connectivity index (χ4n) is 3.10. The van der Waals surface area contributed by atoms with Gasteiger partial charge >= 0.3 is 0 Å². The standard InChI is InChI=1S/C12H22O2/c13-10-12(8-5-9-14-12)11-6-3-1-2-4-7-11/h11,13H,1-10H2. The number of ether oxygens (including phenoxy) is 1. The zero-order chi connectivity index (χ0) is 9.86. The summed E-state index contributed by atoms with van der Waals surface area (Å²) < 4.78 is 5.83. The molecule has 82 valence electrons. The van der Waals surface area contributed by atoms with Gasteiger partial charge in [0.25, 0.3) is 0 Å². The van der Waals surface area contributed by atoms with Crippen molar-refractivity contribution >= 4 is 0 Å². The molecular formula is C12H22O2. The third-order valence-corrected chi connectivity index (χ3v) is 4.00. The minimum absolute atomic E-state index is 0.148. The van der Waals surface area contributed by atoms with E-state index < -0.39 is 0 Å². The molecule has 0 aromatic rings. The van der Waals surface area contributed by atoms with Gasteiger partial charge in [-0.2, -0.15) is 0 Å². The fourth-order valence-corrected chi connectivity index (χ4v) is 3.10. The molecule has 2 rings (SSSR count). The molecule has 1 saturated carbocycles. The van der Waals surface area contributed by atoms with E-state index in [1.807, 2.05) is 0 Å². The topological polar surface area (TPSA) is 29.5 Å². The Hall–Kier alpha value is -0.0800. The zero-order valence-electron chi connectivity index (χ0n) is 9.00. The number of rotatable bonds is 2. The second kappa shape index (κ2) is 4.63. The van der Waals surface area contributed by atoms with Crippen LogP contribution in [0.5, 0.6) is 0 Å². The van der Waals surface area contributed by atoms with Gasteiger partial charge in [0.15, 0.2) is 0 Å². The Morgan fingerprint density at radius 3 is 2.29 bits per heavy atom. The lowest BCUT2D eigenvalue weighted by atomic mass is 9.80. The highest BCUT2D eigenvalue weighted by molar-refractivity contribution is 4.91. The van der Waals surface area contributed by atoms with Crippen LogP contribution in [-0.2, 0) is 4.74 Å².